The van der Waals surface area contributed by atoms with Gasteiger partial charge in [-0.1, -0.05) is 13.8 Å². The Balaban J connectivity index is 1.37. The number of aliphatic hydroxyl groups is 2. The van der Waals surface area contributed by atoms with E-state index in [0.29, 0.717) is 47.3 Å². The molecule has 0 aliphatic heterocycles. The third-order valence-electron chi connectivity index (χ3n) is 10.7. The number of hydrogen-bond acceptors (Lipinski definition) is 2. The van der Waals surface area contributed by atoms with Crippen LogP contribution < -0.4 is 0 Å². The fourth-order valence-electron chi connectivity index (χ4n) is 9.45. The molecule has 0 bridgehead atoms. The molecule has 0 aromatic carbocycles. The lowest BCUT2D eigenvalue weighted by Gasteiger charge is -2.58. The molecule has 0 unspecified atom stereocenters. The molecule has 0 spiro atoms. The Morgan fingerprint density at radius 3 is 2.24 bits per heavy atom. The molecule has 5 rings (SSSR count). The number of hydrogen-bond donors (Lipinski definition) is 2. The SMILES string of the molecule is C[C@@H]([C@H]1[C@H]2C[C@H]2[C@H]2[C@@H]3CC[C@@H]4C[C@@](O)(C(F)(F)F)CC[C@@H]4[C@H]3CC[C@@]21C)[C@@H](C)O. The molecule has 0 amide bonds. The molecule has 2 nitrogen and oxygen atoms in total. The molecule has 0 heterocycles. The summed E-state index contributed by atoms with van der Waals surface area (Å²) in [5.41, 5.74) is -2.17. The minimum Gasteiger partial charge on any atom is -0.393 e. The van der Waals surface area contributed by atoms with Crippen molar-refractivity contribution in [3.8, 4) is 0 Å². The molecular formula is C24H37F3O2. The maximum absolute atomic E-state index is 13.4. The van der Waals surface area contributed by atoms with Crippen LogP contribution in [0.1, 0.15) is 72.1 Å². The van der Waals surface area contributed by atoms with E-state index >= 15 is 0 Å². The van der Waals surface area contributed by atoms with Crippen LogP contribution in [0.25, 0.3) is 0 Å². The Morgan fingerprint density at radius 2 is 1.59 bits per heavy atom. The molecular weight excluding hydrogens is 377 g/mol. The average Bonchev–Trinajstić information content (AvgIpc) is 3.34. The maximum atomic E-state index is 13.4. The van der Waals surface area contributed by atoms with Gasteiger partial charge >= 0.3 is 6.18 Å². The minimum absolute atomic E-state index is 0.0320. The number of halogens is 3. The molecule has 0 saturated heterocycles. The lowest BCUT2D eigenvalue weighted by molar-refractivity contribution is -0.282. The van der Waals surface area contributed by atoms with E-state index < -0.39 is 11.8 Å². The summed E-state index contributed by atoms with van der Waals surface area (Å²) in [6.07, 6.45) is 1.05. The molecule has 5 aliphatic rings. The molecule has 2 N–H and O–H groups in total. The lowest BCUT2D eigenvalue weighted by atomic mass is 9.47. The van der Waals surface area contributed by atoms with Crippen LogP contribution in [-0.2, 0) is 0 Å². The standard InChI is InChI=1S/C24H37F3O2/c1-12(13(2)28)20-18-10-19(18)21-17-5-4-14-11-23(29,24(25,26)27)9-7-15(14)16(17)6-8-22(20,21)3/h12-21,28-29H,4-11H2,1-3H3/t12-,13-,14-,15+,16-,17-,18+,19-,20+,21-,22-,23-/m1/s1. The lowest BCUT2D eigenvalue weighted by Crippen LogP contribution is -2.55. The van der Waals surface area contributed by atoms with Crippen LogP contribution in [0.4, 0.5) is 13.2 Å². The summed E-state index contributed by atoms with van der Waals surface area (Å²) in [7, 11) is 0. The van der Waals surface area contributed by atoms with Crippen molar-refractivity contribution >= 4 is 0 Å². The van der Waals surface area contributed by atoms with Gasteiger partial charge in [-0.2, -0.15) is 13.2 Å². The zero-order chi connectivity index (χ0) is 20.9. The molecule has 0 radical (unpaired) electrons. The Bertz CT molecular complexity index is 663. The van der Waals surface area contributed by atoms with Gasteiger partial charge in [0.1, 0.15) is 0 Å². The molecule has 5 saturated carbocycles. The second kappa shape index (κ2) is 6.37. The van der Waals surface area contributed by atoms with Crippen LogP contribution in [0, 0.1) is 58.7 Å². The molecule has 5 heteroatoms. The first-order valence-electron chi connectivity index (χ1n) is 11.9. The third kappa shape index (κ3) is 2.81. The van der Waals surface area contributed by atoms with E-state index in [2.05, 4.69) is 13.8 Å². The van der Waals surface area contributed by atoms with Gasteiger partial charge in [-0.05, 0) is 117 Å². The summed E-state index contributed by atoms with van der Waals surface area (Å²) >= 11 is 0. The van der Waals surface area contributed by atoms with Gasteiger partial charge in [-0.15, -0.1) is 0 Å². The van der Waals surface area contributed by atoms with Crippen molar-refractivity contribution in [2.75, 3.05) is 0 Å². The van der Waals surface area contributed by atoms with Crippen molar-refractivity contribution in [3.63, 3.8) is 0 Å². The van der Waals surface area contributed by atoms with Crippen molar-refractivity contribution in [2.24, 2.45) is 58.7 Å². The number of alkyl halides is 3. The van der Waals surface area contributed by atoms with Crippen LogP contribution in [0.2, 0.25) is 0 Å². The normalized spacial score (nSPS) is 55.9. The van der Waals surface area contributed by atoms with E-state index in [0.717, 1.165) is 31.1 Å². The quantitative estimate of drug-likeness (QED) is 0.633. The highest BCUT2D eigenvalue weighted by atomic mass is 19.4. The van der Waals surface area contributed by atoms with Gasteiger partial charge in [0.25, 0.3) is 0 Å². The molecule has 0 aromatic rings. The summed E-state index contributed by atoms with van der Waals surface area (Å²) in [5, 5.41) is 20.6. The van der Waals surface area contributed by atoms with Crippen molar-refractivity contribution < 1.29 is 23.4 Å². The topological polar surface area (TPSA) is 40.5 Å². The smallest absolute Gasteiger partial charge is 0.393 e. The highest BCUT2D eigenvalue weighted by Gasteiger charge is 2.70. The van der Waals surface area contributed by atoms with Crippen molar-refractivity contribution in [3.05, 3.63) is 0 Å². The van der Waals surface area contributed by atoms with Crippen molar-refractivity contribution in [1.29, 1.82) is 0 Å². The van der Waals surface area contributed by atoms with E-state index in [9.17, 15) is 23.4 Å². The highest BCUT2D eigenvalue weighted by Crippen LogP contribution is 2.76. The zero-order valence-corrected chi connectivity index (χ0v) is 18.0. The minimum atomic E-state index is -4.50. The zero-order valence-electron chi connectivity index (χ0n) is 18.0. The molecule has 5 fully saturated rings. The monoisotopic (exact) mass is 414 g/mol. The van der Waals surface area contributed by atoms with Gasteiger partial charge in [0, 0.05) is 0 Å². The first-order chi connectivity index (χ1) is 13.5. The third-order valence-corrected chi connectivity index (χ3v) is 10.7. The number of fused-ring (bicyclic) bond motifs is 7. The Hall–Kier alpha value is -0.290. The summed E-state index contributed by atoms with van der Waals surface area (Å²) < 4.78 is 40.2. The van der Waals surface area contributed by atoms with E-state index in [1.54, 1.807) is 0 Å². The number of rotatable bonds is 2. The Kier molecular flexibility index (Phi) is 4.53. The van der Waals surface area contributed by atoms with Gasteiger partial charge in [0.2, 0.25) is 0 Å². The first kappa shape index (κ1) is 20.6. The predicted molar refractivity (Wildman–Crippen MR) is 105 cm³/mol. The van der Waals surface area contributed by atoms with Crippen LogP contribution in [0.5, 0.6) is 0 Å². The molecule has 29 heavy (non-hydrogen) atoms. The van der Waals surface area contributed by atoms with Crippen LogP contribution in [0.3, 0.4) is 0 Å². The van der Waals surface area contributed by atoms with E-state index in [1.165, 1.54) is 12.8 Å². The van der Waals surface area contributed by atoms with E-state index in [-0.39, 0.29) is 24.9 Å². The second-order valence-electron chi connectivity index (χ2n) is 11.9. The van der Waals surface area contributed by atoms with Crippen molar-refractivity contribution in [2.45, 2.75) is 90.0 Å². The molecule has 12 atom stereocenters. The van der Waals surface area contributed by atoms with Gasteiger partial charge in [0.05, 0.1) is 6.10 Å². The van der Waals surface area contributed by atoms with Crippen LogP contribution in [-0.4, -0.2) is 28.1 Å². The Labute approximate surface area is 172 Å². The van der Waals surface area contributed by atoms with Gasteiger partial charge < -0.3 is 10.2 Å². The predicted octanol–water partition coefficient (Wildman–Crippen LogP) is 5.42. The molecule has 5 aliphatic carbocycles. The summed E-state index contributed by atoms with van der Waals surface area (Å²) in [5.74, 6) is 4.75. The first-order valence-corrected chi connectivity index (χ1v) is 11.9. The summed E-state index contributed by atoms with van der Waals surface area (Å²) in [4.78, 5) is 0. The highest BCUT2D eigenvalue weighted by molar-refractivity contribution is 5.18. The molecule has 166 valence electrons. The van der Waals surface area contributed by atoms with Gasteiger partial charge in [0.15, 0.2) is 5.60 Å². The van der Waals surface area contributed by atoms with Crippen molar-refractivity contribution in [1.82, 2.24) is 0 Å². The number of aliphatic hydroxyl groups excluding tert-OH is 1. The summed E-state index contributed by atoms with van der Waals surface area (Å²) in [6, 6.07) is 0. The van der Waals surface area contributed by atoms with Gasteiger partial charge in [-0.25, -0.2) is 0 Å². The van der Waals surface area contributed by atoms with Crippen LogP contribution in [0.15, 0.2) is 0 Å². The Morgan fingerprint density at radius 1 is 0.897 bits per heavy atom. The summed E-state index contributed by atoms with van der Waals surface area (Å²) in [6.45, 7) is 6.62. The molecule has 0 aromatic heterocycles. The van der Waals surface area contributed by atoms with E-state index in [1.807, 2.05) is 6.92 Å². The second-order valence-corrected chi connectivity index (χ2v) is 11.9. The fourth-order valence-corrected chi connectivity index (χ4v) is 9.45. The van der Waals surface area contributed by atoms with Gasteiger partial charge in [-0.3, -0.25) is 0 Å². The average molecular weight is 415 g/mol. The van der Waals surface area contributed by atoms with E-state index in [4.69, 9.17) is 0 Å². The largest absolute Gasteiger partial charge is 0.417 e. The maximum Gasteiger partial charge on any atom is 0.417 e. The van der Waals surface area contributed by atoms with Crippen LogP contribution >= 0.6 is 0 Å². The fraction of sp³-hybridized carbons (Fsp3) is 1.00.